The number of allylic oxidation sites excluding steroid dienone is 2. The second kappa shape index (κ2) is 1.96. The number of ketones is 1. The Labute approximate surface area is 67.5 Å². The highest BCUT2D eigenvalue weighted by Gasteiger charge is 2.47. The zero-order valence-corrected chi connectivity index (χ0v) is 7.13. The predicted molar refractivity (Wildman–Crippen MR) is 44.1 cm³/mol. The van der Waals surface area contributed by atoms with E-state index < -0.39 is 0 Å². The maximum absolute atomic E-state index is 11.7. The molecule has 0 N–H and O–H groups in total. The molecule has 0 aromatic carbocycles. The Kier molecular flexibility index (Phi) is 1.26. The normalized spacial score (nSPS) is 39.6. The van der Waals surface area contributed by atoms with Crippen molar-refractivity contribution in [2.75, 3.05) is 0 Å². The topological polar surface area (TPSA) is 17.1 Å². The van der Waals surface area contributed by atoms with E-state index in [4.69, 9.17) is 0 Å². The van der Waals surface area contributed by atoms with E-state index in [2.05, 4.69) is 12.2 Å². The van der Waals surface area contributed by atoms with Gasteiger partial charge in [-0.15, -0.1) is 0 Å². The highest BCUT2D eigenvalue weighted by Crippen LogP contribution is 2.48. The number of rotatable bonds is 0. The average Bonchev–Trinajstić information content (AvgIpc) is 2.64. The van der Waals surface area contributed by atoms with E-state index in [0.717, 1.165) is 12.8 Å². The van der Waals surface area contributed by atoms with Crippen LogP contribution in [0.3, 0.4) is 0 Å². The van der Waals surface area contributed by atoms with Gasteiger partial charge in [-0.05, 0) is 32.6 Å². The Balaban J connectivity index is 2.28. The lowest BCUT2D eigenvalue weighted by atomic mass is 9.86. The molecule has 0 unspecified atom stereocenters. The lowest BCUT2D eigenvalue weighted by Gasteiger charge is -2.16. The summed E-state index contributed by atoms with van der Waals surface area (Å²) in [5.41, 5.74) is -0.185. The molecule has 0 aromatic rings. The van der Waals surface area contributed by atoms with Gasteiger partial charge < -0.3 is 0 Å². The zero-order valence-electron chi connectivity index (χ0n) is 7.13. The van der Waals surface area contributed by atoms with Crippen molar-refractivity contribution in [3.63, 3.8) is 0 Å². The molecule has 0 spiro atoms. The first-order valence-corrected chi connectivity index (χ1v) is 4.33. The van der Waals surface area contributed by atoms with Crippen molar-refractivity contribution < 1.29 is 4.79 Å². The van der Waals surface area contributed by atoms with Gasteiger partial charge >= 0.3 is 0 Å². The molecule has 1 saturated carbocycles. The van der Waals surface area contributed by atoms with E-state index >= 15 is 0 Å². The molecule has 1 heteroatoms. The quantitative estimate of drug-likeness (QED) is 0.484. The number of hydrogen-bond acceptors (Lipinski definition) is 1. The molecule has 0 aliphatic heterocycles. The summed E-state index contributed by atoms with van der Waals surface area (Å²) < 4.78 is 0. The molecule has 0 bridgehead atoms. The van der Waals surface area contributed by atoms with Crippen LogP contribution in [0.5, 0.6) is 0 Å². The summed E-state index contributed by atoms with van der Waals surface area (Å²) in [7, 11) is 0. The van der Waals surface area contributed by atoms with E-state index in [-0.39, 0.29) is 5.41 Å². The summed E-state index contributed by atoms with van der Waals surface area (Å²) in [6, 6.07) is 0. The predicted octanol–water partition coefficient (Wildman–Crippen LogP) is 2.18. The molecule has 2 rings (SSSR count). The van der Waals surface area contributed by atoms with Crippen molar-refractivity contribution in [3.8, 4) is 0 Å². The summed E-state index contributed by atoms with van der Waals surface area (Å²) in [4.78, 5) is 11.7. The van der Waals surface area contributed by atoms with E-state index in [9.17, 15) is 4.79 Å². The van der Waals surface area contributed by atoms with Gasteiger partial charge in [-0.1, -0.05) is 12.2 Å². The molecule has 0 amide bonds. The number of Topliss-reactive ketones (excluding diaryl/α,β-unsaturated/α-hetero) is 1. The zero-order chi connectivity index (χ0) is 8.06. The summed E-state index contributed by atoms with van der Waals surface area (Å²) in [5.74, 6) is 1.55. The lowest BCUT2D eigenvalue weighted by molar-refractivity contribution is -0.126. The van der Waals surface area contributed by atoms with E-state index in [1.54, 1.807) is 0 Å². The van der Waals surface area contributed by atoms with Gasteiger partial charge in [0, 0.05) is 11.3 Å². The Hall–Kier alpha value is -0.590. The summed E-state index contributed by atoms with van der Waals surface area (Å²) in [5, 5.41) is 0. The van der Waals surface area contributed by atoms with Crippen LogP contribution < -0.4 is 0 Å². The van der Waals surface area contributed by atoms with E-state index in [1.165, 1.54) is 0 Å². The van der Waals surface area contributed by atoms with Crippen LogP contribution in [0.2, 0.25) is 0 Å². The van der Waals surface area contributed by atoms with Gasteiger partial charge in [0.25, 0.3) is 0 Å². The van der Waals surface area contributed by atoms with Crippen LogP contribution in [0, 0.1) is 17.3 Å². The molecule has 1 nitrogen and oxygen atoms in total. The third-order valence-corrected chi connectivity index (χ3v) is 2.87. The molecule has 2 aliphatic rings. The highest BCUT2D eigenvalue weighted by molar-refractivity contribution is 5.90. The van der Waals surface area contributed by atoms with Crippen LogP contribution in [-0.2, 0) is 4.79 Å². The van der Waals surface area contributed by atoms with Crippen LogP contribution in [0.4, 0.5) is 0 Å². The Bertz CT molecular complexity index is 225. The molecule has 11 heavy (non-hydrogen) atoms. The minimum Gasteiger partial charge on any atom is -0.298 e. The Morgan fingerprint density at radius 3 is 3.00 bits per heavy atom. The van der Waals surface area contributed by atoms with E-state index in [1.807, 2.05) is 13.8 Å². The van der Waals surface area contributed by atoms with Crippen LogP contribution >= 0.6 is 0 Å². The van der Waals surface area contributed by atoms with Gasteiger partial charge in [-0.2, -0.15) is 0 Å². The molecule has 0 aromatic heterocycles. The Morgan fingerprint density at radius 2 is 2.27 bits per heavy atom. The molecule has 0 radical (unpaired) electrons. The molecule has 60 valence electrons. The van der Waals surface area contributed by atoms with E-state index in [0.29, 0.717) is 17.6 Å². The van der Waals surface area contributed by atoms with Gasteiger partial charge in [0.05, 0.1) is 0 Å². The van der Waals surface area contributed by atoms with Gasteiger partial charge in [0.1, 0.15) is 5.78 Å². The first kappa shape index (κ1) is 7.08. The van der Waals surface area contributed by atoms with Crippen molar-refractivity contribution in [2.24, 2.45) is 17.3 Å². The van der Waals surface area contributed by atoms with Gasteiger partial charge in [-0.25, -0.2) is 0 Å². The first-order chi connectivity index (χ1) is 5.11. The third kappa shape index (κ3) is 1.03. The van der Waals surface area contributed by atoms with Gasteiger partial charge in [0.2, 0.25) is 0 Å². The van der Waals surface area contributed by atoms with Crippen molar-refractivity contribution in [1.29, 1.82) is 0 Å². The molecule has 1 fully saturated rings. The molecular weight excluding hydrogens is 136 g/mol. The number of carbonyl (C=O) groups excluding carboxylic acids is 1. The van der Waals surface area contributed by atoms with Crippen LogP contribution in [0.25, 0.3) is 0 Å². The Morgan fingerprint density at radius 1 is 1.55 bits per heavy atom. The second-order valence-electron chi connectivity index (χ2n) is 4.33. The number of fused-ring (bicyclic) bond motifs is 1. The van der Waals surface area contributed by atoms with Crippen LogP contribution in [-0.4, -0.2) is 5.78 Å². The van der Waals surface area contributed by atoms with Gasteiger partial charge in [-0.3, -0.25) is 4.79 Å². The highest BCUT2D eigenvalue weighted by atomic mass is 16.1. The third-order valence-electron chi connectivity index (χ3n) is 2.87. The van der Waals surface area contributed by atoms with Crippen molar-refractivity contribution >= 4 is 5.78 Å². The fraction of sp³-hybridized carbons (Fsp3) is 0.700. The van der Waals surface area contributed by atoms with Crippen molar-refractivity contribution in [3.05, 3.63) is 12.2 Å². The monoisotopic (exact) mass is 150 g/mol. The molecule has 2 aliphatic carbocycles. The maximum atomic E-state index is 11.7. The van der Waals surface area contributed by atoms with Crippen molar-refractivity contribution in [1.82, 2.24) is 0 Å². The second-order valence-corrected chi connectivity index (χ2v) is 4.33. The first-order valence-electron chi connectivity index (χ1n) is 4.33. The smallest absolute Gasteiger partial charge is 0.145 e. The largest absolute Gasteiger partial charge is 0.298 e. The SMILES string of the molecule is CC1(C)C=CC[C@@H]2C[C@@H]2C1=O. The number of hydrogen-bond donors (Lipinski definition) is 0. The standard InChI is InChI=1S/C10H14O/c1-10(2)5-3-4-7-6-8(7)9(10)11/h3,5,7-8H,4,6H2,1-2H3/t7-,8+/m1/s1. The van der Waals surface area contributed by atoms with Gasteiger partial charge in [0.15, 0.2) is 0 Å². The summed E-state index contributed by atoms with van der Waals surface area (Å²) >= 11 is 0. The maximum Gasteiger partial charge on any atom is 0.145 e. The number of carbonyl (C=O) groups is 1. The van der Waals surface area contributed by atoms with Crippen LogP contribution in [0.1, 0.15) is 26.7 Å². The minimum atomic E-state index is -0.185. The molecule has 2 atom stereocenters. The molecule has 0 saturated heterocycles. The average molecular weight is 150 g/mol. The fourth-order valence-electron chi connectivity index (χ4n) is 1.93. The fourth-order valence-corrected chi connectivity index (χ4v) is 1.93. The molecular formula is C10H14O. The van der Waals surface area contributed by atoms with Crippen molar-refractivity contribution in [2.45, 2.75) is 26.7 Å². The van der Waals surface area contributed by atoms with Crippen LogP contribution in [0.15, 0.2) is 12.2 Å². The summed E-state index contributed by atoms with van der Waals surface area (Å²) in [6.45, 7) is 4.04. The molecule has 0 heterocycles. The lowest BCUT2D eigenvalue weighted by Crippen LogP contribution is -2.22. The minimum absolute atomic E-state index is 0.185. The summed E-state index contributed by atoms with van der Waals surface area (Å²) in [6.07, 6.45) is 6.52.